The Kier molecular flexibility index (Phi) is 7.49. The Morgan fingerprint density at radius 2 is 1.91 bits per heavy atom. The quantitative estimate of drug-likeness (QED) is 0.577. The fourth-order valence-electron chi connectivity index (χ4n) is 3.07. The zero-order valence-electron chi connectivity index (χ0n) is 18.3. The number of anilines is 1. The highest BCUT2D eigenvalue weighted by atomic mass is 19.1. The molecule has 2 aromatic heterocycles. The SMILES string of the molecule is CCCC(=O)N(C)c1ccc(-c2ccc(C(=O)NCc3ccc(OC)nc3)cn2)cc1F. The fraction of sp³-hybridized carbons (Fsp3) is 0.250. The van der Waals surface area contributed by atoms with E-state index >= 15 is 0 Å². The summed E-state index contributed by atoms with van der Waals surface area (Å²) in [6.07, 6.45) is 4.13. The van der Waals surface area contributed by atoms with Crippen LogP contribution in [0.4, 0.5) is 10.1 Å². The first kappa shape index (κ1) is 22.9. The van der Waals surface area contributed by atoms with E-state index in [0.29, 0.717) is 42.1 Å². The van der Waals surface area contributed by atoms with Gasteiger partial charge in [-0.15, -0.1) is 0 Å². The highest BCUT2D eigenvalue weighted by Gasteiger charge is 2.15. The molecule has 0 fully saturated rings. The van der Waals surface area contributed by atoms with Crippen LogP contribution in [0.15, 0.2) is 54.9 Å². The van der Waals surface area contributed by atoms with Crippen LogP contribution < -0.4 is 15.0 Å². The van der Waals surface area contributed by atoms with Crippen molar-refractivity contribution in [1.29, 1.82) is 0 Å². The first-order valence-corrected chi connectivity index (χ1v) is 10.2. The summed E-state index contributed by atoms with van der Waals surface area (Å²) in [6, 6.07) is 11.4. The highest BCUT2D eigenvalue weighted by Crippen LogP contribution is 2.25. The summed E-state index contributed by atoms with van der Waals surface area (Å²) in [7, 11) is 3.10. The van der Waals surface area contributed by atoms with Crippen LogP contribution in [0.5, 0.6) is 5.88 Å². The molecule has 0 unspecified atom stereocenters. The van der Waals surface area contributed by atoms with E-state index in [2.05, 4.69) is 15.3 Å². The summed E-state index contributed by atoms with van der Waals surface area (Å²) in [6.45, 7) is 2.21. The molecule has 0 spiro atoms. The van der Waals surface area contributed by atoms with Crippen LogP contribution in [0.3, 0.4) is 0 Å². The van der Waals surface area contributed by atoms with Gasteiger partial charge in [-0.2, -0.15) is 0 Å². The summed E-state index contributed by atoms with van der Waals surface area (Å²) < 4.78 is 19.6. The highest BCUT2D eigenvalue weighted by molar-refractivity contribution is 5.94. The summed E-state index contributed by atoms with van der Waals surface area (Å²) in [5.41, 5.74) is 2.52. The molecule has 1 aromatic carbocycles. The fourth-order valence-corrected chi connectivity index (χ4v) is 3.07. The van der Waals surface area contributed by atoms with Gasteiger partial charge in [-0.1, -0.05) is 19.1 Å². The van der Waals surface area contributed by atoms with Crippen LogP contribution in [0.2, 0.25) is 0 Å². The number of rotatable bonds is 8. The smallest absolute Gasteiger partial charge is 0.253 e. The summed E-state index contributed by atoms with van der Waals surface area (Å²) in [5.74, 6) is -0.426. The van der Waals surface area contributed by atoms with Crippen LogP contribution in [-0.4, -0.2) is 35.9 Å². The molecule has 166 valence electrons. The molecule has 3 aromatic rings. The van der Waals surface area contributed by atoms with Crippen molar-refractivity contribution in [3.05, 3.63) is 71.8 Å². The Bertz CT molecular complexity index is 1090. The molecule has 2 amide bonds. The number of benzene rings is 1. The molecule has 8 heteroatoms. The second-order valence-electron chi connectivity index (χ2n) is 7.19. The average molecular weight is 436 g/mol. The van der Waals surface area contributed by atoms with Gasteiger partial charge >= 0.3 is 0 Å². The summed E-state index contributed by atoms with van der Waals surface area (Å²) in [4.78, 5) is 34.1. The minimum atomic E-state index is -0.508. The predicted molar refractivity (Wildman–Crippen MR) is 120 cm³/mol. The molecule has 1 N–H and O–H groups in total. The molecule has 0 aliphatic heterocycles. The molecule has 0 aliphatic carbocycles. The standard InChI is InChI=1S/C24H25FN4O3/c1-4-5-23(30)29(2)21-10-8-17(12-19(21)25)20-9-7-18(15-26-20)24(31)28-14-16-6-11-22(32-3)27-13-16/h6-13,15H,4-5,14H2,1-3H3,(H,28,31). The van der Waals surface area contributed by atoms with Gasteiger partial charge in [0.1, 0.15) is 5.82 Å². The Morgan fingerprint density at radius 3 is 2.50 bits per heavy atom. The van der Waals surface area contributed by atoms with E-state index in [1.165, 1.54) is 24.3 Å². The van der Waals surface area contributed by atoms with Crippen LogP contribution in [0.1, 0.15) is 35.7 Å². The van der Waals surface area contributed by atoms with Crippen LogP contribution in [0.25, 0.3) is 11.3 Å². The van der Waals surface area contributed by atoms with Gasteiger partial charge in [-0.3, -0.25) is 14.6 Å². The maximum Gasteiger partial charge on any atom is 0.253 e. The lowest BCUT2D eigenvalue weighted by Gasteiger charge is -2.18. The number of carbonyl (C=O) groups excluding carboxylic acids is 2. The average Bonchev–Trinajstić information content (AvgIpc) is 2.82. The molecular formula is C24H25FN4O3. The van der Waals surface area contributed by atoms with Gasteiger partial charge in [0, 0.05) is 44.0 Å². The van der Waals surface area contributed by atoms with Gasteiger partial charge in [0.2, 0.25) is 11.8 Å². The van der Waals surface area contributed by atoms with E-state index in [4.69, 9.17) is 4.74 Å². The molecule has 3 rings (SSSR count). The van der Waals surface area contributed by atoms with Crippen molar-refractivity contribution < 1.29 is 18.7 Å². The first-order chi connectivity index (χ1) is 15.4. The number of hydrogen-bond acceptors (Lipinski definition) is 5. The number of carbonyl (C=O) groups is 2. The minimum absolute atomic E-state index is 0.141. The maximum absolute atomic E-state index is 14.6. The number of aromatic nitrogens is 2. The number of nitrogens with one attached hydrogen (secondary N) is 1. The normalized spacial score (nSPS) is 10.5. The van der Waals surface area contributed by atoms with Crippen molar-refractivity contribution in [3.63, 3.8) is 0 Å². The number of pyridine rings is 2. The van der Waals surface area contributed by atoms with E-state index in [1.807, 2.05) is 13.0 Å². The zero-order valence-corrected chi connectivity index (χ0v) is 18.3. The zero-order chi connectivity index (χ0) is 23.1. The van der Waals surface area contributed by atoms with Gasteiger partial charge in [-0.05, 0) is 36.2 Å². The molecule has 7 nitrogen and oxygen atoms in total. The van der Waals surface area contributed by atoms with E-state index in [9.17, 15) is 14.0 Å². The lowest BCUT2D eigenvalue weighted by molar-refractivity contribution is -0.118. The Morgan fingerprint density at radius 1 is 1.09 bits per heavy atom. The number of amides is 2. The first-order valence-electron chi connectivity index (χ1n) is 10.2. The van der Waals surface area contributed by atoms with Gasteiger partial charge in [0.25, 0.3) is 5.91 Å². The second kappa shape index (κ2) is 10.5. The van der Waals surface area contributed by atoms with E-state index in [0.717, 1.165) is 5.56 Å². The second-order valence-corrected chi connectivity index (χ2v) is 7.19. The molecule has 0 atom stereocenters. The van der Waals surface area contributed by atoms with Crippen molar-refractivity contribution >= 4 is 17.5 Å². The van der Waals surface area contributed by atoms with Crippen LogP contribution in [0, 0.1) is 5.82 Å². The molecule has 0 bridgehead atoms. The minimum Gasteiger partial charge on any atom is -0.481 e. The lowest BCUT2D eigenvalue weighted by Crippen LogP contribution is -2.26. The molecule has 2 heterocycles. The van der Waals surface area contributed by atoms with Crippen molar-refractivity contribution in [2.45, 2.75) is 26.3 Å². The number of halogens is 1. The third-order valence-corrected chi connectivity index (χ3v) is 4.93. The Hall–Kier alpha value is -3.81. The van der Waals surface area contributed by atoms with Crippen molar-refractivity contribution in [3.8, 4) is 17.1 Å². The largest absolute Gasteiger partial charge is 0.481 e. The monoisotopic (exact) mass is 436 g/mol. The molecule has 0 saturated heterocycles. The van der Waals surface area contributed by atoms with Gasteiger partial charge in [0.05, 0.1) is 24.1 Å². The number of ether oxygens (including phenoxy) is 1. The molecule has 0 aliphatic rings. The van der Waals surface area contributed by atoms with Crippen LogP contribution in [-0.2, 0) is 11.3 Å². The summed E-state index contributed by atoms with van der Waals surface area (Å²) >= 11 is 0. The van der Waals surface area contributed by atoms with E-state index in [-0.39, 0.29) is 17.5 Å². The molecule has 0 saturated carbocycles. The molecule has 32 heavy (non-hydrogen) atoms. The third-order valence-electron chi connectivity index (χ3n) is 4.93. The number of hydrogen-bond donors (Lipinski definition) is 1. The van der Waals surface area contributed by atoms with Crippen molar-refractivity contribution in [2.75, 3.05) is 19.1 Å². The van der Waals surface area contributed by atoms with Crippen molar-refractivity contribution in [2.24, 2.45) is 0 Å². The number of nitrogens with zero attached hydrogens (tertiary/aromatic N) is 3. The maximum atomic E-state index is 14.6. The van der Waals surface area contributed by atoms with Gasteiger partial charge in [-0.25, -0.2) is 9.37 Å². The van der Waals surface area contributed by atoms with Crippen molar-refractivity contribution in [1.82, 2.24) is 15.3 Å². The Labute approximate surface area is 186 Å². The molecular weight excluding hydrogens is 411 g/mol. The topological polar surface area (TPSA) is 84.4 Å². The third kappa shape index (κ3) is 5.46. The lowest BCUT2D eigenvalue weighted by atomic mass is 10.1. The summed E-state index contributed by atoms with van der Waals surface area (Å²) in [5, 5.41) is 2.80. The number of methoxy groups -OCH3 is 1. The van der Waals surface area contributed by atoms with Gasteiger partial charge in [0.15, 0.2) is 0 Å². The molecule has 0 radical (unpaired) electrons. The Balaban J connectivity index is 1.66. The van der Waals surface area contributed by atoms with E-state index < -0.39 is 5.82 Å². The van der Waals surface area contributed by atoms with Gasteiger partial charge < -0.3 is 15.0 Å². The van der Waals surface area contributed by atoms with Crippen LogP contribution >= 0.6 is 0 Å². The predicted octanol–water partition coefficient (Wildman–Crippen LogP) is 3.98. The van der Waals surface area contributed by atoms with E-state index in [1.54, 1.807) is 43.6 Å².